The molecule has 1 aliphatic carbocycles. The van der Waals surface area contributed by atoms with Gasteiger partial charge in [0.1, 0.15) is 0 Å². The van der Waals surface area contributed by atoms with Gasteiger partial charge in [0.2, 0.25) is 0 Å². The van der Waals surface area contributed by atoms with E-state index in [9.17, 15) is 4.79 Å². The average Bonchev–Trinajstić information content (AvgIpc) is 2.97. The Hall–Kier alpha value is -1.36. The molecule has 1 amide bonds. The Balaban J connectivity index is 1.49. The van der Waals surface area contributed by atoms with E-state index in [1.54, 1.807) is 6.20 Å². The summed E-state index contributed by atoms with van der Waals surface area (Å²) in [6.07, 6.45) is 7.43. The van der Waals surface area contributed by atoms with Crippen LogP contribution < -0.4 is 5.32 Å². The van der Waals surface area contributed by atoms with Gasteiger partial charge >= 0.3 is 0 Å². The van der Waals surface area contributed by atoms with E-state index in [2.05, 4.69) is 36.1 Å². The predicted molar refractivity (Wildman–Crippen MR) is 82.3 cm³/mol. The van der Waals surface area contributed by atoms with Crippen LogP contribution in [0.4, 0.5) is 0 Å². The normalized spacial score (nSPS) is 23.5. The number of nitrogens with one attached hydrogen (secondary N) is 1. The molecule has 2 aliphatic rings. The van der Waals surface area contributed by atoms with E-state index in [0.717, 1.165) is 19.1 Å². The van der Waals surface area contributed by atoms with E-state index in [-0.39, 0.29) is 11.4 Å². The van der Waals surface area contributed by atoms with Crippen LogP contribution in [0.2, 0.25) is 0 Å². The van der Waals surface area contributed by atoms with Gasteiger partial charge in [-0.2, -0.15) is 5.10 Å². The van der Waals surface area contributed by atoms with Gasteiger partial charge in [0.15, 0.2) is 0 Å². The average molecular weight is 290 g/mol. The SMILES string of the molecule is CC(C)(C)n1cc(C(=O)NCC2CCN(C3CC3)C2)cn1. The van der Waals surface area contributed by atoms with Crippen LogP contribution >= 0.6 is 0 Å². The third-order valence-electron chi connectivity index (χ3n) is 4.46. The van der Waals surface area contributed by atoms with Crippen molar-refractivity contribution in [2.24, 2.45) is 5.92 Å². The van der Waals surface area contributed by atoms with Crippen molar-refractivity contribution in [3.63, 3.8) is 0 Å². The van der Waals surface area contributed by atoms with Crippen molar-refractivity contribution in [3.8, 4) is 0 Å². The Kier molecular flexibility index (Phi) is 3.78. The Bertz CT molecular complexity index is 513. The van der Waals surface area contributed by atoms with Crippen molar-refractivity contribution in [2.45, 2.75) is 51.6 Å². The summed E-state index contributed by atoms with van der Waals surface area (Å²) in [5.41, 5.74) is 0.566. The second-order valence-corrected chi connectivity index (χ2v) is 7.44. The number of carbonyl (C=O) groups excluding carboxylic acids is 1. The highest BCUT2D eigenvalue weighted by Crippen LogP contribution is 2.31. The maximum absolute atomic E-state index is 12.2. The third-order valence-corrected chi connectivity index (χ3v) is 4.46. The van der Waals surface area contributed by atoms with Gasteiger partial charge in [-0.05, 0) is 52.5 Å². The van der Waals surface area contributed by atoms with Crippen molar-refractivity contribution in [1.29, 1.82) is 0 Å². The summed E-state index contributed by atoms with van der Waals surface area (Å²) in [6.45, 7) is 9.36. The molecule has 21 heavy (non-hydrogen) atoms. The molecule has 1 saturated carbocycles. The fraction of sp³-hybridized carbons (Fsp3) is 0.750. The first-order chi connectivity index (χ1) is 9.93. The lowest BCUT2D eigenvalue weighted by atomic mass is 10.1. The minimum Gasteiger partial charge on any atom is -0.352 e. The second-order valence-electron chi connectivity index (χ2n) is 7.44. The van der Waals surface area contributed by atoms with Crippen LogP contribution in [-0.4, -0.2) is 46.3 Å². The van der Waals surface area contributed by atoms with Gasteiger partial charge in [0, 0.05) is 25.3 Å². The quantitative estimate of drug-likeness (QED) is 0.921. The standard InChI is InChI=1S/C16H26N4O/c1-16(2,3)20-11-13(9-18-20)15(21)17-8-12-6-7-19(10-12)14-4-5-14/h9,11-12,14H,4-8,10H2,1-3H3,(H,17,21). The molecule has 0 aromatic carbocycles. The zero-order valence-electron chi connectivity index (χ0n) is 13.3. The summed E-state index contributed by atoms with van der Waals surface area (Å²) in [6, 6.07) is 0.843. The summed E-state index contributed by atoms with van der Waals surface area (Å²) in [5.74, 6) is 0.600. The molecular weight excluding hydrogens is 264 g/mol. The van der Waals surface area contributed by atoms with E-state index < -0.39 is 0 Å². The number of aromatic nitrogens is 2. The molecule has 1 aromatic heterocycles. The minimum atomic E-state index is -0.0885. The fourth-order valence-corrected chi connectivity index (χ4v) is 2.95. The zero-order valence-corrected chi connectivity index (χ0v) is 13.3. The Morgan fingerprint density at radius 3 is 2.76 bits per heavy atom. The molecule has 2 heterocycles. The topological polar surface area (TPSA) is 50.2 Å². The summed E-state index contributed by atoms with van der Waals surface area (Å²) < 4.78 is 1.84. The number of hydrogen-bond donors (Lipinski definition) is 1. The molecule has 0 bridgehead atoms. The molecule has 0 spiro atoms. The molecule has 5 nitrogen and oxygen atoms in total. The van der Waals surface area contributed by atoms with Crippen LogP contribution in [0.1, 0.15) is 50.4 Å². The molecule has 5 heteroatoms. The molecular formula is C16H26N4O. The highest BCUT2D eigenvalue weighted by Gasteiger charge is 2.34. The maximum atomic E-state index is 12.2. The molecule has 0 radical (unpaired) electrons. The first kappa shape index (κ1) is 14.6. The van der Waals surface area contributed by atoms with Crippen LogP contribution in [0.5, 0.6) is 0 Å². The lowest BCUT2D eigenvalue weighted by molar-refractivity contribution is 0.0947. The van der Waals surface area contributed by atoms with E-state index in [4.69, 9.17) is 0 Å². The smallest absolute Gasteiger partial charge is 0.254 e. The van der Waals surface area contributed by atoms with E-state index in [1.807, 2.05) is 10.9 Å². The lowest BCUT2D eigenvalue weighted by Crippen LogP contribution is -2.31. The Morgan fingerprint density at radius 2 is 2.14 bits per heavy atom. The second kappa shape index (κ2) is 5.44. The minimum absolute atomic E-state index is 0.00429. The number of likely N-dealkylation sites (tertiary alicyclic amines) is 1. The Labute approximate surface area is 126 Å². The van der Waals surface area contributed by atoms with Gasteiger partial charge in [-0.1, -0.05) is 0 Å². The first-order valence-corrected chi connectivity index (χ1v) is 8.01. The van der Waals surface area contributed by atoms with Crippen LogP contribution in [0.15, 0.2) is 12.4 Å². The molecule has 1 unspecified atom stereocenters. The monoisotopic (exact) mass is 290 g/mol. The van der Waals surface area contributed by atoms with E-state index >= 15 is 0 Å². The molecule has 1 aromatic rings. The molecule has 1 aliphatic heterocycles. The highest BCUT2D eigenvalue weighted by molar-refractivity contribution is 5.93. The van der Waals surface area contributed by atoms with Gasteiger partial charge in [0.25, 0.3) is 5.91 Å². The summed E-state index contributed by atoms with van der Waals surface area (Å²) in [4.78, 5) is 14.8. The zero-order chi connectivity index (χ0) is 15.0. The molecule has 3 rings (SSSR count). The fourth-order valence-electron chi connectivity index (χ4n) is 2.95. The van der Waals surface area contributed by atoms with Crippen LogP contribution in [0.3, 0.4) is 0 Å². The van der Waals surface area contributed by atoms with Gasteiger partial charge in [-0.3, -0.25) is 9.48 Å². The number of amides is 1. The van der Waals surface area contributed by atoms with Crippen molar-refractivity contribution in [2.75, 3.05) is 19.6 Å². The van der Waals surface area contributed by atoms with Crippen molar-refractivity contribution < 1.29 is 4.79 Å². The molecule has 1 atom stereocenters. The molecule has 1 N–H and O–H groups in total. The van der Waals surface area contributed by atoms with Crippen molar-refractivity contribution >= 4 is 5.91 Å². The highest BCUT2D eigenvalue weighted by atomic mass is 16.1. The van der Waals surface area contributed by atoms with E-state index in [0.29, 0.717) is 11.5 Å². The molecule has 1 saturated heterocycles. The predicted octanol–water partition coefficient (Wildman–Crippen LogP) is 1.85. The van der Waals surface area contributed by atoms with Crippen LogP contribution in [-0.2, 0) is 5.54 Å². The number of nitrogens with zero attached hydrogens (tertiary/aromatic N) is 3. The largest absolute Gasteiger partial charge is 0.352 e. The van der Waals surface area contributed by atoms with Crippen molar-refractivity contribution in [1.82, 2.24) is 20.0 Å². The van der Waals surface area contributed by atoms with Gasteiger partial charge < -0.3 is 10.2 Å². The van der Waals surface area contributed by atoms with Gasteiger partial charge in [-0.15, -0.1) is 0 Å². The Morgan fingerprint density at radius 1 is 1.38 bits per heavy atom. The molecule has 116 valence electrons. The van der Waals surface area contributed by atoms with Gasteiger partial charge in [0.05, 0.1) is 17.3 Å². The lowest BCUT2D eigenvalue weighted by Gasteiger charge is -2.18. The molecule has 2 fully saturated rings. The third kappa shape index (κ3) is 3.46. The summed E-state index contributed by atoms with van der Waals surface area (Å²) >= 11 is 0. The number of carbonyl (C=O) groups is 1. The van der Waals surface area contributed by atoms with Crippen LogP contribution in [0, 0.1) is 5.92 Å². The van der Waals surface area contributed by atoms with Crippen LogP contribution in [0.25, 0.3) is 0 Å². The van der Waals surface area contributed by atoms with Gasteiger partial charge in [-0.25, -0.2) is 0 Å². The maximum Gasteiger partial charge on any atom is 0.254 e. The first-order valence-electron chi connectivity index (χ1n) is 8.01. The summed E-state index contributed by atoms with van der Waals surface area (Å²) in [5, 5.41) is 7.35. The van der Waals surface area contributed by atoms with E-state index in [1.165, 1.54) is 25.8 Å². The van der Waals surface area contributed by atoms with Crippen molar-refractivity contribution in [3.05, 3.63) is 18.0 Å². The summed E-state index contributed by atoms with van der Waals surface area (Å²) in [7, 11) is 0. The number of rotatable bonds is 4. The number of hydrogen-bond acceptors (Lipinski definition) is 3.